The van der Waals surface area contributed by atoms with Crippen LogP contribution in [0.15, 0.2) is 152 Å². The van der Waals surface area contributed by atoms with Crippen LogP contribution in [-0.4, -0.2) is 9.13 Å². The van der Waals surface area contributed by atoms with Crippen LogP contribution < -0.4 is 0 Å². The highest BCUT2D eigenvalue weighted by atomic mass is 15.0. The number of aromatic nitrogens is 2. The first kappa shape index (κ1) is 28.8. The van der Waals surface area contributed by atoms with Gasteiger partial charge < -0.3 is 9.13 Å². The molecule has 9 aromatic rings. The molecular formula is C45H25N5. The van der Waals surface area contributed by atoms with E-state index in [4.69, 9.17) is 0 Å². The molecule has 50 heavy (non-hydrogen) atoms. The van der Waals surface area contributed by atoms with Crippen LogP contribution in [0.3, 0.4) is 0 Å². The third-order valence-corrected chi connectivity index (χ3v) is 9.62. The molecule has 0 fully saturated rings. The van der Waals surface area contributed by atoms with Crippen LogP contribution in [0.25, 0.3) is 77.2 Å². The predicted octanol–water partition coefficient (Wildman–Crippen LogP) is 10.8. The highest BCUT2D eigenvalue weighted by Crippen LogP contribution is 2.39. The summed E-state index contributed by atoms with van der Waals surface area (Å²) in [6.45, 7) is 0. The van der Waals surface area contributed by atoms with Crippen molar-refractivity contribution in [1.29, 1.82) is 15.8 Å². The van der Waals surface area contributed by atoms with Gasteiger partial charge in [-0.25, -0.2) is 0 Å². The van der Waals surface area contributed by atoms with E-state index in [1.807, 2.05) is 48.5 Å². The zero-order valence-electron chi connectivity index (χ0n) is 26.7. The van der Waals surface area contributed by atoms with E-state index in [0.29, 0.717) is 16.7 Å². The van der Waals surface area contributed by atoms with Crippen molar-refractivity contribution in [2.24, 2.45) is 0 Å². The summed E-state index contributed by atoms with van der Waals surface area (Å²) in [5.41, 5.74) is 11.8. The van der Waals surface area contributed by atoms with E-state index >= 15 is 0 Å². The number of benzene rings is 7. The van der Waals surface area contributed by atoms with Crippen molar-refractivity contribution < 1.29 is 0 Å². The average molecular weight is 636 g/mol. The van der Waals surface area contributed by atoms with Gasteiger partial charge in [-0.1, -0.05) is 78.9 Å². The van der Waals surface area contributed by atoms with Gasteiger partial charge in [-0.2, -0.15) is 15.8 Å². The van der Waals surface area contributed by atoms with Gasteiger partial charge in [0, 0.05) is 32.8 Å². The largest absolute Gasteiger partial charge is 0.309 e. The van der Waals surface area contributed by atoms with Crippen molar-refractivity contribution in [3.8, 4) is 51.8 Å². The van der Waals surface area contributed by atoms with E-state index in [1.165, 1.54) is 10.8 Å². The van der Waals surface area contributed by atoms with E-state index in [1.54, 1.807) is 0 Å². The molecular weight excluding hydrogens is 611 g/mol. The number of rotatable bonds is 4. The van der Waals surface area contributed by atoms with Crippen LogP contribution in [0, 0.1) is 34.0 Å². The molecule has 5 heteroatoms. The molecule has 0 atom stereocenters. The Morgan fingerprint density at radius 1 is 0.380 bits per heavy atom. The lowest BCUT2D eigenvalue weighted by Gasteiger charge is -2.16. The minimum Gasteiger partial charge on any atom is -0.309 e. The molecule has 230 valence electrons. The maximum Gasteiger partial charge on any atom is 0.0998 e. The molecule has 0 N–H and O–H groups in total. The summed E-state index contributed by atoms with van der Waals surface area (Å²) in [6.07, 6.45) is 0. The van der Waals surface area contributed by atoms with Crippen LogP contribution in [0.2, 0.25) is 0 Å². The SMILES string of the molecule is N#Cc1ccc2c(c1)c1cc(C#N)ccc1n2-c1cccc(-c2ccc(-c3c(C#N)cccc3-n3c4ccccc4c4ccccc43)cc2)c1. The topological polar surface area (TPSA) is 81.2 Å². The first-order valence-corrected chi connectivity index (χ1v) is 16.3. The summed E-state index contributed by atoms with van der Waals surface area (Å²) in [7, 11) is 0. The average Bonchev–Trinajstić information content (AvgIpc) is 3.69. The molecule has 0 spiro atoms. The number of para-hydroxylation sites is 2. The second-order valence-electron chi connectivity index (χ2n) is 12.3. The minimum atomic E-state index is 0.576. The Morgan fingerprint density at radius 3 is 1.54 bits per heavy atom. The predicted molar refractivity (Wildman–Crippen MR) is 200 cm³/mol. The molecule has 7 aromatic carbocycles. The molecule has 0 unspecified atom stereocenters. The van der Waals surface area contributed by atoms with Crippen molar-refractivity contribution in [3.63, 3.8) is 0 Å². The van der Waals surface area contributed by atoms with Gasteiger partial charge in [-0.15, -0.1) is 0 Å². The van der Waals surface area contributed by atoms with E-state index < -0.39 is 0 Å². The van der Waals surface area contributed by atoms with Crippen LogP contribution in [0.4, 0.5) is 0 Å². The molecule has 0 aliphatic rings. The normalized spacial score (nSPS) is 11.1. The third kappa shape index (κ3) is 4.38. The van der Waals surface area contributed by atoms with Crippen LogP contribution in [-0.2, 0) is 0 Å². The summed E-state index contributed by atoms with van der Waals surface area (Å²) >= 11 is 0. The van der Waals surface area contributed by atoms with Gasteiger partial charge in [0.1, 0.15) is 0 Å². The molecule has 0 saturated heterocycles. The van der Waals surface area contributed by atoms with Gasteiger partial charge in [0.15, 0.2) is 0 Å². The molecule has 9 rings (SSSR count). The minimum absolute atomic E-state index is 0.576. The van der Waals surface area contributed by atoms with Crippen molar-refractivity contribution in [1.82, 2.24) is 9.13 Å². The zero-order chi connectivity index (χ0) is 33.8. The summed E-state index contributed by atoms with van der Waals surface area (Å²) < 4.78 is 4.45. The van der Waals surface area contributed by atoms with Crippen molar-refractivity contribution in [2.75, 3.05) is 0 Å². The standard InChI is InChI=1S/C45H25N5/c46-26-29-15-21-42-38(23-29)39-24-30(27-47)16-22-43(39)49(42)35-9-5-7-33(25-35)31-17-19-32(20-18-31)45-34(28-48)8-6-14-44(45)50-40-12-3-1-10-36(40)37-11-2-4-13-41(37)50/h1-25H. The van der Waals surface area contributed by atoms with Gasteiger partial charge in [-0.05, 0) is 89.5 Å². The first-order valence-electron chi connectivity index (χ1n) is 16.3. The molecule has 2 heterocycles. The Labute approximate surface area is 287 Å². The molecule has 0 amide bonds. The highest BCUT2D eigenvalue weighted by molar-refractivity contribution is 6.11. The van der Waals surface area contributed by atoms with Gasteiger partial charge in [0.05, 0.1) is 62.7 Å². The highest BCUT2D eigenvalue weighted by Gasteiger charge is 2.19. The number of hydrogen-bond acceptors (Lipinski definition) is 3. The summed E-state index contributed by atoms with van der Waals surface area (Å²) in [5.74, 6) is 0. The fraction of sp³-hybridized carbons (Fsp3) is 0. The van der Waals surface area contributed by atoms with Crippen molar-refractivity contribution >= 4 is 43.6 Å². The van der Waals surface area contributed by atoms with Crippen LogP contribution in [0.1, 0.15) is 16.7 Å². The molecule has 0 aliphatic carbocycles. The number of fused-ring (bicyclic) bond motifs is 6. The third-order valence-electron chi connectivity index (χ3n) is 9.62. The van der Waals surface area contributed by atoms with Crippen LogP contribution in [0.5, 0.6) is 0 Å². The Bertz CT molecular complexity index is 2830. The molecule has 0 aliphatic heterocycles. The van der Waals surface area contributed by atoms with Gasteiger partial charge >= 0.3 is 0 Å². The van der Waals surface area contributed by atoms with E-state index in [9.17, 15) is 15.8 Å². The Kier molecular flexibility index (Phi) is 6.56. The molecule has 0 radical (unpaired) electrons. The Hall–Kier alpha value is -7.39. The second kappa shape index (κ2) is 11.4. The molecule has 5 nitrogen and oxygen atoms in total. The van der Waals surface area contributed by atoms with E-state index in [0.717, 1.165) is 66.5 Å². The van der Waals surface area contributed by atoms with Gasteiger partial charge in [-0.3, -0.25) is 0 Å². The van der Waals surface area contributed by atoms with Crippen molar-refractivity contribution in [2.45, 2.75) is 0 Å². The molecule has 2 aromatic heterocycles. The summed E-state index contributed by atoms with van der Waals surface area (Å²) in [4.78, 5) is 0. The van der Waals surface area contributed by atoms with Gasteiger partial charge in [0.2, 0.25) is 0 Å². The fourth-order valence-corrected chi connectivity index (χ4v) is 7.40. The Balaban J connectivity index is 1.17. The maximum absolute atomic E-state index is 10.3. The summed E-state index contributed by atoms with van der Waals surface area (Å²) in [6, 6.07) is 57.9. The number of nitriles is 3. The molecule has 0 bridgehead atoms. The zero-order valence-corrected chi connectivity index (χ0v) is 26.7. The monoisotopic (exact) mass is 635 g/mol. The fourth-order valence-electron chi connectivity index (χ4n) is 7.40. The number of nitrogens with zero attached hydrogens (tertiary/aromatic N) is 5. The van der Waals surface area contributed by atoms with Crippen molar-refractivity contribution in [3.05, 3.63) is 168 Å². The van der Waals surface area contributed by atoms with Gasteiger partial charge in [0.25, 0.3) is 0 Å². The van der Waals surface area contributed by atoms with Crippen LogP contribution >= 0.6 is 0 Å². The lowest BCUT2D eigenvalue weighted by atomic mass is 9.95. The van der Waals surface area contributed by atoms with E-state index in [-0.39, 0.29) is 0 Å². The maximum atomic E-state index is 10.3. The lowest BCUT2D eigenvalue weighted by molar-refractivity contribution is 1.18. The van der Waals surface area contributed by atoms with E-state index in [2.05, 4.69) is 130 Å². The second-order valence-corrected chi connectivity index (χ2v) is 12.3. The smallest absolute Gasteiger partial charge is 0.0998 e. The lowest BCUT2D eigenvalue weighted by Crippen LogP contribution is -1.99. The Morgan fingerprint density at radius 2 is 0.940 bits per heavy atom. The first-order chi connectivity index (χ1) is 24.7. The summed E-state index contributed by atoms with van der Waals surface area (Å²) in [5, 5.41) is 33.7. The molecule has 0 saturated carbocycles. The quantitative estimate of drug-likeness (QED) is 0.193. The number of hydrogen-bond donors (Lipinski definition) is 0.